The van der Waals surface area contributed by atoms with Crippen LogP contribution in [0.25, 0.3) is 22.3 Å². The molecule has 2 heterocycles. The second-order valence-corrected chi connectivity index (χ2v) is 11.8. The Morgan fingerprint density at radius 3 is 2.26 bits per heavy atom. The first-order valence-electron chi connectivity index (χ1n) is 15.5. The van der Waals surface area contributed by atoms with E-state index in [9.17, 15) is 14.7 Å². The van der Waals surface area contributed by atoms with Gasteiger partial charge in [-0.1, -0.05) is 32.1 Å². The zero-order valence-corrected chi connectivity index (χ0v) is 31.2. The molecule has 0 bridgehead atoms. The summed E-state index contributed by atoms with van der Waals surface area (Å²) in [6.07, 6.45) is 7.02. The summed E-state index contributed by atoms with van der Waals surface area (Å²) >= 11 is 0. The number of rotatable bonds is 12. The number of nitrogens with zero attached hydrogens (tertiary/aromatic N) is 4. The summed E-state index contributed by atoms with van der Waals surface area (Å²) in [4.78, 5) is 30.2. The number of anilines is 1. The van der Waals surface area contributed by atoms with Crippen LogP contribution in [0.5, 0.6) is 17.2 Å². The van der Waals surface area contributed by atoms with Gasteiger partial charge < -0.3 is 23.9 Å². The topological polar surface area (TPSA) is 130 Å². The number of carboxylic acids is 1. The van der Waals surface area contributed by atoms with Crippen molar-refractivity contribution in [3.05, 3.63) is 46.6 Å². The molecule has 46 heavy (non-hydrogen) atoms. The van der Waals surface area contributed by atoms with Crippen molar-refractivity contribution < 1.29 is 28.9 Å². The fourth-order valence-corrected chi connectivity index (χ4v) is 6.41. The molecule has 11 nitrogen and oxygen atoms in total. The van der Waals surface area contributed by atoms with E-state index in [4.69, 9.17) is 24.3 Å². The summed E-state index contributed by atoms with van der Waals surface area (Å²) in [5, 5.41) is 18.0. The molecule has 0 aliphatic heterocycles. The van der Waals surface area contributed by atoms with Gasteiger partial charge in [0.1, 0.15) is 22.9 Å². The maximum atomic E-state index is 13.9. The van der Waals surface area contributed by atoms with E-state index in [1.165, 1.54) is 32.1 Å². The molecule has 12 heteroatoms. The van der Waals surface area contributed by atoms with Gasteiger partial charge in [-0.2, -0.15) is 4.98 Å². The van der Waals surface area contributed by atoms with Crippen LogP contribution in [0.15, 0.2) is 24.3 Å². The third-order valence-electron chi connectivity index (χ3n) is 9.07. The molecule has 0 atom stereocenters. The zero-order chi connectivity index (χ0) is 32.2. The van der Waals surface area contributed by atoms with Gasteiger partial charge in [0.15, 0.2) is 5.82 Å². The first-order chi connectivity index (χ1) is 21.6. The maximum Gasteiger partial charge on any atom is 0.305 e. The van der Waals surface area contributed by atoms with Gasteiger partial charge in [-0.15, -0.1) is 5.10 Å². The van der Waals surface area contributed by atoms with Gasteiger partial charge in [-0.05, 0) is 68.0 Å². The Morgan fingerprint density at radius 1 is 0.913 bits per heavy atom. The number of carboxylic acid groups (broad SMARTS) is 1. The van der Waals surface area contributed by atoms with Gasteiger partial charge in [0.2, 0.25) is 5.95 Å². The number of carbonyl (C=O) groups is 2. The number of aliphatic carboxylic acids is 1. The predicted octanol–water partition coefficient (Wildman–Crippen LogP) is 6.17. The quantitative estimate of drug-likeness (QED) is 0.173. The molecule has 1 aliphatic carbocycles. The number of nitrogens with one attached hydrogen (secondary N) is 1. The monoisotopic (exact) mass is 656 g/mol. The van der Waals surface area contributed by atoms with E-state index in [0.717, 1.165) is 34.0 Å². The number of fused-ring (bicyclic) bond motifs is 1. The van der Waals surface area contributed by atoms with Crippen LogP contribution in [0.1, 0.15) is 72.1 Å². The molecule has 5 rings (SSSR count). The summed E-state index contributed by atoms with van der Waals surface area (Å²) in [5.74, 6) is 1.96. The SMILES string of the molecule is COc1cc(-c2nc(NC(=O)c3cc4c(C)c(C)c(OC)cc4n3CCC(=O)O)nn2CCC2CCCCC2)c(OC)cc1C.[K]. The van der Waals surface area contributed by atoms with Crippen LogP contribution < -0.4 is 19.5 Å². The van der Waals surface area contributed by atoms with Crippen LogP contribution in [0.3, 0.4) is 0 Å². The first kappa shape index (κ1) is 35.9. The smallest absolute Gasteiger partial charge is 0.305 e. The summed E-state index contributed by atoms with van der Waals surface area (Å²) in [5.41, 5.74) is 4.60. The number of carbonyl (C=O) groups excluding carboxylic acids is 1. The van der Waals surface area contributed by atoms with E-state index in [1.54, 1.807) is 32.0 Å². The molecule has 0 unspecified atom stereocenters. The molecule has 2 N–H and O–H groups in total. The number of benzene rings is 2. The molecule has 1 radical (unpaired) electrons. The zero-order valence-electron chi connectivity index (χ0n) is 28.0. The van der Waals surface area contributed by atoms with Crippen LogP contribution in [0, 0.1) is 26.7 Å². The molecule has 241 valence electrons. The molecule has 1 amide bonds. The Kier molecular flexibility index (Phi) is 12.3. The second-order valence-electron chi connectivity index (χ2n) is 11.8. The van der Waals surface area contributed by atoms with Crippen molar-refractivity contribution in [1.29, 1.82) is 0 Å². The Morgan fingerprint density at radius 2 is 1.61 bits per heavy atom. The van der Waals surface area contributed by atoms with E-state index < -0.39 is 11.9 Å². The van der Waals surface area contributed by atoms with Crippen LogP contribution in [-0.4, -0.2) is 109 Å². The third-order valence-corrected chi connectivity index (χ3v) is 9.07. The van der Waals surface area contributed by atoms with Crippen molar-refractivity contribution in [2.45, 2.75) is 78.8 Å². The van der Waals surface area contributed by atoms with E-state index in [0.29, 0.717) is 46.8 Å². The van der Waals surface area contributed by atoms with Crippen molar-refractivity contribution in [3.8, 4) is 28.6 Å². The molecule has 2 aromatic carbocycles. The number of ether oxygens (including phenoxy) is 3. The summed E-state index contributed by atoms with van der Waals surface area (Å²) in [7, 11) is 4.84. The summed E-state index contributed by atoms with van der Waals surface area (Å²) in [6.45, 7) is 6.63. The molecule has 2 aromatic heterocycles. The molecule has 1 saturated carbocycles. The van der Waals surface area contributed by atoms with Gasteiger partial charge in [-0.25, -0.2) is 4.68 Å². The van der Waals surface area contributed by atoms with Gasteiger partial charge in [0.25, 0.3) is 5.91 Å². The van der Waals surface area contributed by atoms with Gasteiger partial charge >= 0.3 is 5.97 Å². The Bertz CT molecular complexity index is 1720. The normalized spacial score (nSPS) is 13.3. The van der Waals surface area contributed by atoms with Crippen molar-refractivity contribution in [2.24, 2.45) is 5.92 Å². The van der Waals surface area contributed by atoms with Gasteiger partial charge in [0, 0.05) is 75.9 Å². The predicted molar refractivity (Wildman–Crippen MR) is 178 cm³/mol. The van der Waals surface area contributed by atoms with Crippen molar-refractivity contribution >= 4 is 80.1 Å². The number of aromatic nitrogens is 4. The van der Waals surface area contributed by atoms with Crippen LogP contribution >= 0.6 is 0 Å². The molecule has 4 aromatic rings. The summed E-state index contributed by atoms with van der Waals surface area (Å²) < 4.78 is 20.5. The van der Waals surface area contributed by atoms with Gasteiger partial charge in [-0.3, -0.25) is 14.9 Å². The number of methoxy groups -OCH3 is 3. The number of amides is 1. The third kappa shape index (κ3) is 7.62. The first-order valence-corrected chi connectivity index (χ1v) is 15.5. The van der Waals surface area contributed by atoms with Gasteiger partial charge in [0.05, 0.1) is 38.8 Å². The van der Waals surface area contributed by atoms with Crippen LogP contribution in [0.2, 0.25) is 0 Å². The number of aryl methyl sites for hydroxylation is 4. The standard InChI is InChI=1S/C34H43N5O6.K/c1-20-16-30(45-6)25(18-28(20)43-4)32-35-34(37-39(32)15-12-23-10-8-7-9-11-23)36-33(42)27-17-24-21(2)22(3)29(44-5)19-26(24)38(27)14-13-31(40)41;/h16-19,23H,7-15H2,1-6H3,(H,40,41)(H,36,37,42);. The average Bonchev–Trinajstić information content (AvgIpc) is 3.61. The van der Waals surface area contributed by atoms with Crippen molar-refractivity contribution in [3.63, 3.8) is 0 Å². The van der Waals surface area contributed by atoms with E-state index in [2.05, 4.69) is 5.32 Å². The summed E-state index contributed by atoms with van der Waals surface area (Å²) in [6, 6.07) is 7.45. The molecular formula is C34H43KN5O6. The molecule has 0 saturated heterocycles. The van der Waals surface area contributed by atoms with Crippen molar-refractivity contribution in [1.82, 2.24) is 19.3 Å². The van der Waals surface area contributed by atoms with E-state index in [1.807, 2.05) is 43.7 Å². The van der Waals surface area contributed by atoms with Crippen LogP contribution in [-0.2, 0) is 17.9 Å². The van der Waals surface area contributed by atoms with Crippen LogP contribution in [0.4, 0.5) is 5.95 Å². The maximum absolute atomic E-state index is 13.9. The second kappa shape index (κ2) is 15.8. The molecular weight excluding hydrogens is 614 g/mol. The number of hydrogen-bond acceptors (Lipinski definition) is 7. The Balaban J connectivity index is 0.00000480. The van der Waals surface area contributed by atoms with E-state index >= 15 is 0 Å². The molecule has 1 aliphatic rings. The Labute approximate surface area is 312 Å². The fourth-order valence-electron chi connectivity index (χ4n) is 6.41. The molecule has 0 spiro atoms. The minimum atomic E-state index is -0.954. The Hall–Kier alpha value is -2.90. The average molecular weight is 657 g/mol. The minimum absolute atomic E-state index is 0. The largest absolute Gasteiger partial charge is 0.496 e. The number of hydrogen-bond donors (Lipinski definition) is 2. The fraction of sp³-hybridized carbons (Fsp3) is 0.471. The minimum Gasteiger partial charge on any atom is -0.496 e. The molecule has 1 fully saturated rings. The van der Waals surface area contributed by atoms with E-state index in [-0.39, 0.29) is 70.3 Å². The van der Waals surface area contributed by atoms with Crippen molar-refractivity contribution in [2.75, 3.05) is 26.6 Å².